The van der Waals surface area contributed by atoms with Gasteiger partial charge < -0.3 is 4.74 Å². The van der Waals surface area contributed by atoms with Crippen molar-refractivity contribution in [2.45, 2.75) is 0 Å². The lowest BCUT2D eigenvalue weighted by Crippen LogP contribution is -1.94. The topological polar surface area (TPSA) is 70.2 Å². The summed E-state index contributed by atoms with van der Waals surface area (Å²) in [6.45, 7) is 0. The number of hydrogen-bond acceptors (Lipinski definition) is 4. The van der Waals surface area contributed by atoms with E-state index >= 15 is 0 Å². The summed E-state index contributed by atoms with van der Waals surface area (Å²) in [4.78, 5) is 10.3. The molecule has 1 aromatic heterocycles. The molecule has 3 rings (SSSR count). The Hall–Kier alpha value is -3.41. The molecular weight excluding hydrogens is 306 g/mol. The largest absolute Gasteiger partial charge is 0.497 e. The van der Waals surface area contributed by atoms with Gasteiger partial charge in [0.05, 0.1) is 23.9 Å². The van der Waals surface area contributed by atoms with Crippen LogP contribution in [0, 0.1) is 10.1 Å². The normalized spacial score (nSPS) is 10.9. The lowest BCUT2D eigenvalue weighted by atomic mass is 10.2. The van der Waals surface area contributed by atoms with Crippen LogP contribution < -0.4 is 4.74 Å². The number of nitro benzene ring substituents is 1. The molecular formula is C18H15N3O3. The minimum Gasteiger partial charge on any atom is -0.497 e. The van der Waals surface area contributed by atoms with Gasteiger partial charge in [-0.2, -0.15) is 5.10 Å². The van der Waals surface area contributed by atoms with E-state index in [1.807, 2.05) is 42.6 Å². The van der Waals surface area contributed by atoms with Gasteiger partial charge in [-0.3, -0.25) is 10.1 Å². The van der Waals surface area contributed by atoms with Gasteiger partial charge in [0.2, 0.25) is 0 Å². The van der Waals surface area contributed by atoms with Crippen LogP contribution in [0.1, 0.15) is 11.1 Å². The maximum Gasteiger partial charge on any atom is 0.269 e. The van der Waals surface area contributed by atoms with Crippen LogP contribution in [0.4, 0.5) is 5.69 Å². The molecule has 0 N–H and O–H groups in total. The first-order chi connectivity index (χ1) is 11.7. The minimum absolute atomic E-state index is 0.0607. The van der Waals surface area contributed by atoms with Crippen molar-refractivity contribution in [3.8, 4) is 11.4 Å². The summed E-state index contributed by atoms with van der Waals surface area (Å²) in [7, 11) is 1.64. The smallest absolute Gasteiger partial charge is 0.269 e. The molecule has 6 heteroatoms. The number of nitrogens with zero attached hydrogens (tertiary/aromatic N) is 3. The highest BCUT2D eigenvalue weighted by atomic mass is 16.6. The van der Waals surface area contributed by atoms with E-state index in [0.29, 0.717) is 0 Å². The summed E-state index contributed by atoms with van der Waals surface area (Å²) in [5, 5.41) is 15.0. The van der Waals surface area contributed by atoms with Gasteiger partial charge in [-0.05, 0) is 29.8 Å². The van der Waals surface area contributed by atoms with Gasteiger partial charge in [-0.15, -0.1) is 0 Å². The van der Waals surface area contributed by atoms with Gasteiger partial charge >= 0.3 is 0 Å². The second-order valence-electron chi connectivity index (χ2n) is 5.10. The first kappa shape index (κ1) is 15.5. The highest BCUT2D eigenvalue weighted by molar-refractivity contribution is 5.69. The van der Waals surface area contributed by atoms with E-state index in [2.05, 4.69) is 5.10 Å². The van der Waals surface area contributed by atoms with Gasteiger partial charge in [-0.1, -0.05) is 24.3 Å². The Balaban J connectivity index is 1.74. The fraction of sp³-hybridized carbons (Fsp3) is 0.0556. The third kappa shape index (κ3) is 3.49. The molecule has 2 aromatic carbocycles. The number of aromatic nitrogens is 2. The van der Waals surface area contributed by atoms with Crippen LogP contribution >= 0.6 is 0 Å². The van der Waals surface area contributed by atoms with Crippen LogP contribution in [0.3, 0.4) is 0 Å². The summed E-state index contributed by atoms with van der Waals surface area (Å²) in [5.74, 6) is 0.818. The van der Waals surface area contributed by atoms with Crippen molar-refractivity contribution in [3.63, 3.8) is 0 Å². The van der Waals surface area contributed by atoms with Crippen LogP contribution in [-0.2, 0) is 0 Å². The second-order valence-corrected chi connectivity index (χ2v) is 5.10. The predicted molar refractivity (Wildman–Crippen MR) is 92.1 cm³/mol. The molecule has 0 amide bonds. The zero-order valence-corrected chi connectivity index (χ0v) is 13.0. The molecule has 0 spiro atoms. The second kappa shape index (κ2) is 6.78. The molecule has 0 saturated heterocycles. The Bertz CT molecular complexity index is 865. The Kier molecular flexibility index (Phi) is 4.38. The van der Waals surface area contributed by atoms with E-state index in [1.54, 1.807) is 30.1 Å². The molecule has 0 aliphatic rings. The molecule has 1 heterocycles. The van der Waals surface area contributed by atoms with Crippen molar-refractivity contribution < 1.29 is 9.66 Å². The number of methoxy groups -OCH3 is 1. The average Bonchev–Trinajstić information content (AvgIpc) is 3.09. The molecule has 0 saturated carbocycles. The molecule has 0 unspecified atom stereocenters. The number of nitro groups is 1. The van der Waals surface area contributed by atoms with E-state index in [1.165, 1.54) is 12.1 Å². The number of non-ortho nitro benzene ring substituents is 1. The molecule has 24 heavy (non-hydrogen) atoms. The zero-order chi connectivity index (χ0) is 16.9. The third-order valence-electron chi connectivity index (χ3n) is 3.51. The molecule has 0 atom stereocenters. The van der Waals surface area contributed by atoms with Gasteiger partial charge in [0, 0.05) is 23.9 Å². The Morgan fingerprint density at radius 2 is 1.71 bits per heavy atom. The van der Waals surface area contributed by atoms with Gasteiger partial charge in [0.25, 0.3) is 5.69 Å². The quantitative estimate of drug-likeness (QED) is 0.527. The minimum atomic E-state index is -0.421. The Morgan fingerprint density at radius 1 is 1.04 bits per heavy atom. The van der Waals surface area contributed by atoms with E-state index in [0.717, 1.165) is 22.6 Å². The lowest BCUT2D eigenvalue weighted by Gasteiger charge is -2.00. The summed E-state index contributed by atoms with van der Waals surface area (Å²) in [5.41, 5.74) is 2.82. The number of rotatable bonds is 5. The van der Waals surface area contributed by atoms with E-state index in [4.69, 9.17) is 4.74 Å². The molecule has 0 fully saturated rings. The van der Waals surface area contributed by atoms with Gasteiger partial charge in [0.1, 0.15) is 5.75 Å². The Labute approximate surface area is 138 Å². The molecule has 0 bridgehead atoms. The Morgan fingerprint density at radius 3 is 2.33 bits per heavy atom. The lowest BCUT2D eigenvalue weighted by molar-refractivity contribution is -0.384. The first-order valence-electron chi connectivity index (χ1n) is 7.27. The maximum absolute atomic E-state index is 10.7. The molecule has 6 nitrogen and oxygen atoms in total. The van der Waals surface area contributed by atoms with Gasteiger partial charge in [-0.25, -0.2) is 4.68 Å². The zero-order valence-electron chi connectivity index (χ0n) is 13.0. The van der Waals surface area contributed by atoms with E-state index in [9.17, 15) is 10.1 Å². The van der Waals surface area contributed by atoms with Gasteiger partial charge in [0.15, 0.2) is 0 Å². The number of ether oxygens (including phenoxy) is 1. The molecule has 0 radical (unpaired) electrons. The summed E-state index contributed by atoms with van der Waals surface area (Å²) in [6, 6.07) is 14.0. The molecule has 120 valence electrons. The molecule has 3 aromatic rings. The van der Waals surface area contributed by atoms with Crippen LogP contribution in [0.5, 0.6) is 5.75 Å². The fourth-order valence-electron chi connectivity index (χ4n) is 2.20. The molecule has 0 aliphatic heterocycles. The van der Waals surface area contributed by atoms with Crippen molar-refractivity contribution >= 4 is 17.8 Å². The fourth-order valence-corrected chi connectivity index (χ4v) is 2.20. The number of hydrogen-bond donors (Lipinski definition) is 0. The van der Waals surface area contributed by atoms with E-state index < -0.39 is 4.92 Å². The van der Waals surface area contributed by atoms with Crippen molar-refractivity contribution in [3.05, 3.63) is 82.2 Å². The SMILES string of the molecule is COc1ccc(/C=C/c2cnn(-c3ccc([N+](=O)[O-])cc3)c2)cc1. The van der Waals surface area contributed by atoms with Crippen LogP contribution in [0.15, 0.2) is 60.9 Å². The van der Waals surface area contributed by atoms with Crippen molar-refractivity contribution in [2.75, 3.05) is 7.11 Å². The van der Waals surface area contributed by atoms with Crippen LogP contribution in [0.2, 0.25) is 0 Å². The summed E-state index contributed by atoms with van der Waals surface area (Å²) < 4.78 is 6.81. The first-order valence-corrected chi connectivity index (χ1v) is 7.27. The van der Waals surface area contributed by atoms with Crippen molar-refractivity contribution in [1.82, 2.24) is 9.78 Å². The maximum atomic E-state index is 10.7. The predicted octanol–water partition coefficient (Wildman–Crippen LogP) is 3.96. The standard InChI is InChI=1S/C18H15N3O3/c1-24-18-10-4-14(5-11-18)2-3-15-12-19-20(13-15)16-6-8-17(9-7-16)21(22)23/h2-13H,1H3/b3-2+. The van der Waals surface area contributed by atoms with Crippen molar-refractivity contribution in [2.24, 2.45) is 0 Å². The monoisotopic (exact) mass is 321 g/mol. The molecule has 0 aliphatic carbocycles. The van der Waals surface area contributed by atoms with Crippen molar-refractivity contribution in [1.29, 1.82) is 0 Å². The van der Waals surface area contributed by atoms with Crippen LogP contribution in [0.25, 0.3) is 17.8 Å². The highest BCUT2D eigenvalue weighted by Gasteiger charge is 2.05. The summed E-state index contributed by atoms with van der Waals surface area (Å²) in [6.07, 6.45) is 7.54. The average molecular weight is 321 g/mol. The van der Waals surface area contributed by atoms with Crippen LogP contribution in [-0.4, -0.2) is 21.8 Å². The number of benzene rings is 2. The van der Waals surface area contributed by atoms with E-state index in [-0.39, 0.29) is 5.69 Å². The third-order valence-corrected chi connectivity index (χ3v) is 3.51. The summed E-state index contributed by atoms with van der Waals surface area (Å²) >= 11 is 0. The highest BCUT2D eigenvalue weighted by Crippen LogP contribution is 2.17.